The van der Waals surface area contributed by atoms with Crippen LogP contribution in [0.25, 0.3) is 0 Å². The lowest BCUT2D eigenvalue weighted by Crippen LogP contribution is -2.52. The number of carbonyl (C=O) groups excluding carboxylic acids is 1. The van der Waals surface area contributed by atoms with Crippen LogP contribution in [0.2, 0.25) is 0 Å². The first kappa shape index (κ1) is 17.3. The highest BCUT2D eigenvalue weighted by atomic mass is 16.5. The Labute approximate surface area is 145 Å². The molecule has 0 spiro atoms. The normalized spacial score (nSPS) is 25.0. The average molecular weight is 330 g/mol. The van der Waals surface area contributed by atoms with Crippen molar-refractivity contribution in [2.24, 2.45) is 11.8 Å². The minimum Gasteiger partial charge on any atom is -0.445 e. The van der Waals surface area contributed by atoms with Gasteiger partial charge in [-0.3, -0.25) is 0 Å². The van der Waals surface area contributed by atoms with Gasteiger partial charge in [-0.15, -0.1) is 0 Å². The molecule has 4 heteroatoms. The predicted octanol–water partition coefficient (Wildman–Crippen LogP) is 3.81. The summed E-state index contributed by atoms with van der Waals surface area (Å²) in [6, 6.07) is 10.0. The number of hydrogen-bond acceptors (Lipinski definition) is 3. The molecule has 4 nitrogen and oxygen atoms in total. The molecule has 0 bridgehead atoms. The van der Waals surface area contributed by atoms with E-state index in [1.807, 2.05) is 30.3 Å². The lowest BCUT2D eigenvalue weighted by atomic mass is 9.83. The first-order valence-corrected chi connectivity index (χ1v) is 9.42. The monoisotopic (exact) mass is 330 g/mol. The molecule has 1 saturated carbocycles. The highest BCUT2D eigenvalue weighted by Crippen LogP contribution is 2.29. The number of amides is 1. The van der Waals surface area contributed by atoms with Crippen LogP contribution in [0.3, 0.4) is 0 Å². The Bertz CT molecular complexity index is 514. The molecule has 1 amide bonds. The first-order chi connectivity index (χ1) is 11.7. The number of nitrogens with zero attached hydrogens (tertiary/aromatic N) is 1. The maximum atomic E-state index is 12.1. The van der Waals surface area contributed by atoms with Crippen molar-refractivity contribution in [2.45, 2.75) is 51.7 Å². The van der Waals surface area contributed by atoms with Crippen molar-refractivity contribution in [2.75, 3.05) is 19.6 Å². The van der Waals surface area contributed by atoms with E-state index in [9.17, 15) is 4.79 Å². The number of rotatable bonds is 6. The fourth-order valence-corrected chi connectivity index (χ4v) is 3.82. The van der Waals surface area contributed by atoms with Gasteiger partial charge in [0.05, 0.1) is 0 Å². The van der Waals surface area contributed by atoms with Gasteiger partial charge in [0.1, 0.15) is 6.61 Å². The number of nitrogens with one attached hydrogen (secondary N) is 1. The van der Waals surface area contributed by atoms with Gasteiger partial charge in [-0.1, -0.05) is 50.1 Å². The highest BCUT2D eigenvalue weighted by Gasteiger charge is 2.30. The predicted molar refractivity (Wildman–Crippen MR) is 95.7 cm³/mol. The van der Waals surface area contributed by atoms with Crippen molar-refractivity contribution in [1.29, 1.82) is 0 Å². The second-order valence-corrected chi connectivity index (χ2v) is 7.43. The van der Waals surface area contributed by atoms with Crippen LogP contribution in [-0.2, 0) is 11.3 Å². The maximum Gasteiger partial charge on any atom is 0.407 e. The van der Waals surface area contributed by atoms with Gasteiger partial charge in [0.15, 0.2) is 0 Å². The van der Waals surface area contributed by atoms with Crippen LogP contribution in [0.15, 0.2) is 30.3 Å². The molecule has 1 aliphatic heterocycles. The van der Waals surface area contributed by atoms with Crippen molar-refractivity contribution in [3.63, 3.8) is 0 Å². The van der Waals surface area contributed by atoms with Crippen LogP contribution < -0.4 is 5.32 Å². The number of hydrogen-bond donors (Lipinski definition) is 1. The molecule has 2 fully saturated rings. The van der Waals surface area contributed by atoms with Gasteiger partial charge < -0.3 is 15.0 Å². The van der Waals surface area contributed by atoms with Crippen LogP contribution in [-0.4, -0.2) is 36.7 Å². The summed E-state index contributed by atoms with van der Waals surface area (Å²) in [5, 5.41) is 3.09. The van der Waals surface area contributed by atoms with Gasteiger partial charge in [-0.05, 0) is 36.7 Å². The minimum atomic E-state index is -0.288. The van der Waals surface area contributed by atoms with Crippen molar-refractivity contribution >= 4 is 6.09 Å². The molecule has 2 unspecified atom stereocenters. The summed E-state index contributed by atoms with van der Waals surface area (Å²) in [4.78, 5) is 14.7. The fraction of sp³-hybridized carbons (Fsp3) is 0.650. The molecule has 0 aromatic heterocycles. The second-order valence-electron chi connectivity index (χ2n) is 7.43. The molecule has 2 aliphatic rings. The quantitative estimate of drug-likeness (QED) is 0.862. The van der Waals surface area contributed by atoms with Gasteiger partial charge in [-0.2, -0.15) is 0 Å². The molecule has 132 valence electrons. The first-order valence-electron chi connectivity index (χ1n) is 9.42. The zero-order valence-electron chi connectivity index (χ0n) is 14.7. The fourth-order valence-electron chi connectivity index (χ4n) is 3.82. The SMILES string of the molecule is CCC1CC(NC(=O)OCc2ccccc2)CN(CC2CCC2)C1. The molecule has 1 aromatic rings. The largest absolute Gasteiger partial charge is 0.445 e. The number of piperidine rings is 1. The van der Waals surface area contributed by atoms with Gasteiger partial charge in [0.25, 0.3) is 0 Å². The van der Waals surface area contributed by atoms with E-state index in [0.717, 1.165) is 24.4 Å². The Balaban J connectivity index is 1.45. The summed E-state index contributed by atoms with van der Waals surface area (Å²) in [5.41, 5.74) is 1.02. The summed E-state index contributed by atoms with van der Waals surface area (Å²) in [5.74, 6) is 1.56. The third-order valence-corrected chi connectivity index (χ3v) is 5.47. The highest BCUT2D eigenvalue weighted by molar-refractivity contribution is 5.67. The third kappa shape index (κ3) is 4.97. The summed E-state index contributed by atoms with van der Waals surface area (Å²) in [7, 11) is 0. The molecule has 24 heavy (non-hydrogen) atoms. The van der Waals surface area contributed by atoms with Crippen LogP contribution in [0.1, 0.15) is 44.6 Å². The van der Waals surface area contributed by atoms with E-state index in [0.29, 0.717) is 12.5 Å². The Morgan fingerprint density at radius 3 is 2.67 bits per heavy atom. The maximum absolute atomic E-state index is 12.1. The summed E-state index contributed by atoms with van der Waals surface area (Å²) >= 11 is 0. The van der Waals surface area contributed by atoms with E-state index < -0.39 is 0 Å². The minimum absolute atomic E-state index is 0.215. The Hall–Kier alpha value is -1.55. The number of benzene rings is 1. The van der Waals surface area contributed by atoms with Gasteiger partial charge in [0.2, 0.25) is 0 Å². The number of alkyl carbamates (subject to hydrolysis) is 1. The lowest BCUT2D eigenvalue weighted by Gasteiger charge is -2.40. The molecule has 2 atom stereocenters. The molecule has 1 saturated heterocycles. The number of ether oxygens (including phenoxy) is 1. The van der Waals surface area contributed by atoms with Crippen molar-refractivity contribution in [3.8, 4) is 0 Å². The molecule has 1 aromatic carbocycles. The van der Waals surface area contributed by atoms with E-state index >= 15 is 0 Å². The smallest absolute Gasteiger partial charge is 0.407 e. The Kier molecular flexibility index (Phi) is 6.13. The zero-order chi connectivity index (χ0) is 16.8. The van der Waals surface area contributed by atoms with Gasteiger partial charge in [-0.25, -0.2) is 4.79 Å². The Morgan fingerprint density at radius 2 is 2.00 bits per heavy atom. The second kappa shape index (κ2) is 8.52. The van der Waals surface area contributed by atoms with Crippen molar-refractivity contribution in [3.05, 3.63) is 35.9 Å². The average Bonchev–Trinajstić information content (AvgIpc) is 2.57. The van der Waals surface area contributed by atoms with Crippen LogP contribution in [0, 0.1) is 11.8 Å². The van der Waals surface area contributed by atoms with Crippen LogP contribution in [0.4, 0.5) is 4.79 Å². The lowest BCUT2D eigenvalue weighted by molar-refractivity contribution is 0.0897. The van der Waals surface area contributed by atoms with Crippen LogP contribution in [0.5, 0.6) is 0 Å². The standard InChI is InChI=1S/C20H30N2O2/c1-2-16-11-19(14-22(12-16)13-17-9-6-10-17)21-20(23)24-15-18-7-4-3-5-8-18/h3-5,7-8,16-17,19H,2,6,9-15H2,1H3,(H,21,23). The summed E-state index contributed by atoms with van der Waals surface area (Å²) < 4.78 is 5.38. The topological polar surface area (TPSA) is 41.6 Å². The molecule has 1 N–H and O–H groups in total. The van der Waals surface area contributed by atoms with E-state index in [2.05, 4.69) is 17.1 Å². The Morgan fingerprint density at radius 1 is 1.21 bits per heavy atom. The zero-order valence-corrected chi connectivity index (χ0v) is 14.7. The molecular weight excluding hydrogens is 300 g/mol. The number of likely N-dealkylation sites (tertiary alicyclic amines) is 1. The third-order valence-electron chi connectivity index (χ3n) is 5.47. The molecular formula is C20H30N2O2. The van der Waals surface area contributed by atoms with Crippen molar-refractivity contribution in [1.82, 2.24) is 10.2 Å². The summed E-state index contributed by atoms with van der Waals surface area (Å²) in [6.45, 7) is 5.94. The summed E-state index contributed by atoms with van der Waals surface area (Å²) in [6.07, 6.45) is 6.11. The molecule has 0 radical (unpaired) electrons. The molecule has 1 aliphatic carbocycles. The van der Waals surface area contributed by atoms with E-state index in [-0.39, 0.29) is 12.1 Å². The molecule has 3 rings (SSSR count). The van der Waals surface area contributed by atoms with Crippen molar-refractivity contribution < 1.29 is 9.53 Å². The van der Waals surface area contributed by atoms with E-state index in [1.54, 1.807) is 0 Å². The van der Waals surface area contributed by atoms with Crippen LogP contribution >= 0.6 is 0 Å². The number of carbonyl (C=O) groups is 1. The van der Waals surface area contributed by atoms with Gasteiger partial charge >= 0.3 is 6.09 Å². The van der Waals surface area contributed by atoms with E-state index in [4.69, 9.17) is 4.74 Å². The van der Waals surface area contributed by atoms with Gasteiger partial charge in [0, 0.05) is 25.7 Å². The van der Waals surface area contributed by atoms with E-state index in [1.165, 1.54) is 38.8 Å². The molecule has 1 heterocycles.